The zero-order chi connectivity index (χ0) is 17.5. The molecule has 5 heteroatoms. The van der Waals surface area contributed by atoms with Crippen LogP contribution in [0, 0.1) is 0 Å². The maximum atomic E-state index is 12.7. The quantitative estimate of drug-likeness (QED) is 0.794. The van der Waals surface area contributed by atoms with Gasteiger partial charge in [-0.25, -0.2) is 0 Å². The van der Waals surface area contributed by atoms with Crippen molar-refractivity contribution in [3.63, 3.8) is 0 Å². The van der Waals surface area contributed by atoms with Gasteiger partial charge >= 0.3 is 0 Å². The highest BCUT2D eigenvalue weighted by molar-refractivity contribution is 5.97. The fraction of sp³-hybridized carbons (Fsp3) is 0.211. The predicted molar refractivity (Wildman–Crippen MR) is 91.4 cm³/mol. The smallest absolute Gasteiger partial charge is 0.254 e. The Morgan fingerprint density at radius 3 is 2.04 bits per heavy atom. The third-order valence-electron chi connectivity index (χ3n) is 3.67. The SMILES string of the molecule is CC(=O)c1ccc(C(=O)N(CCC(N)=O)Cc2ccccc2)cc1. The molecule has 2 N–H and O–H groups in total. The molecule has 0 aromatic heterocycles. The van der Waals surface area contributed by atoms with Crippen LogP contribution >= 0.6 is 0 Å². The number of rotatable bonds is 7. The lowest BCUT2D eigenvalue weighted by atomic mass is 10.1. The molecule has 24 heavy (non-hydrogen) atoms. The Morgan fingerprint density at radius 1 is 0.917 bits per heavy atom. The van der Waals surface area contributed by atoms with E-state index >= 15 is 0 Å². The molecule has 0 fully saturated rings. The van der Waals surface area contributed by atoms with Crippen LogP contribution in [0.2, 0.25) is 0 Å². The molecule has 124 valence electrons. The minimum Gasteiger partial charge on any atom is -0.370 e. The van der Waals surface area contributed by atoms with Crippen molar-refractivity contribution in [3.05, 3.63) is 71.3 Å². The number of Topliss-reactive ketones (excluding diaryl/α,β-unsaturated/α-hetero) is 1. The summed E-state index contributed by atoms with van der Waals surface area (Å²) in [6.07, 6.45) is 0.101. The first-order valence-corrected chi connectivity index (χ1v) is 7.70. The maximum absolute atomic E-state index is 12.7. The Morgan fingerprint density at radius 2 is 1.50 bits per heavy atom. The Hall–Kier alpha value is -2.95. The van der Waals surface area contributed by atoms with Crippen LogP contribution in [0.15, 0.2) is 54.6 Å². The van der Waals surface area contributed by atoms with Crippen molar-refractivity contribution in [1.82, 2.24) is 4.90 Å². The van der Waals surface area contributed by atoms with E-state index in [-0.39, 0.29) is 24.7 Å². The van der Waals surface area contributed by atoms with E-state index in [2.05, 4.69) is 0 Å². The molecule has 2 aromatic carbocycles. The second kappa shape index (κ2) is 8.06. The molecule has 0 unspecified atom stereocenters. The first-order chi connectivity index (χ1) is 11.5. The third-order valence-corrected chi connectivity index (χ3v) is 3.67. The van der Waals surface area contributed by atoms with Gasteiger partial charge in [-0.2, -0.15) is 0 Å². The van der Waals surface area contributed by atoms with Gasteiger partial charge in [0.05, 0.1) is 0 Å². The van der Waals surface area contributed by atoms with Gasteiger partial charge in [-0.1, -0.05) is 42.5 Å². The van der Waals surface area contributed by atoms with Gasteiger partial charge in [-0.05, 0) is 24.6 Å². The van der Waals surface area contributed by atoms with E-state index in [1.807, 2.05) is 30.3 Å². The van der Waals surface area contributed by atoms with Crippen molar-refractivity contribution < 1.29 is 14.4 Å². The maximum Gasteiger partial charge on any atom is 0.254 e. The monoisotopic (exact) mass is 324 g/mol. The standard InChI is InChI=1S/C19H20N2O3/c1-14(22)16-7-9-17(10-8-16)19(24)21(12-11-18(20)23)13-15-5-3-2-4-6-15/h2-10H,11-13H2,1H3,(H2,20,23). The van der Waals surface area contributed by atoms with E-state index in [0.29, 0.717) is 17.7 Å². The van der Waals surface area contributed by atoms with E-state index in [0.717, 1.165) is 5.56 Å². The number of nitrogens with zero attached hydrogens (tertiary/aromatic N) is 1. The van der Waals surface area contributed by atoms with Crippen LogP contribution in [-0.4, -0.2) is 29.0 Å². The van der Waals surface area contributed by atoms with Crippen LogP contribution < -0.4 is 5.73 Å². The number of nitrogens with two attached hydrogens (primary N) is 1. The fourth-order valence-corrected chi connectivity index (χ4v) is 2.33. The molecule has 0 saturated heterocycles. The van der Waals surface area contributed by atoms with E-state index in [1.165, 1.54) is 6.92 Å². The normalized spacial score (nSPS) is 10.2. The van der Waals surface area contributed by atoms with Gasteiger partial charge in [0.1, 0.15) is 0 Å². The topological polar surface area (TPSA) is 80.5 Å². The molecule has 0 saturated carbocycles. The molecule has 2 aromatic rings. The van der Waals surface area contributed by atoms with Crippen molar-refractivity contribution in [3.8, 4) is 0 Å². The fourth-order valence-electron chi connectivity index (χ4n) is 2.33. The molecule has 0 heterocycles. The number of ketones is 1. The first-order valence-electron chi connectivity index (χ1n) is 7.70. The second-order valence-corrected chi connectivity index (χ2v) is 5.56. The summed E-state index contributed by atoms with van der Waals surface area (Å²) in [5, 5.41) is 0. The Bertz CT molecular complexity index is 724. The number of carbonyl (C=O) groups is 3. The van der Waals surface area contributed by atoms with Gasteiger partial charge in [-0.15, -0.1) is 0 Å². The first kappa shape index (κ1) is 17.4. The largest absolute Gasteiger partial charge is 0.370 e. The molecule has 0 atom stereocenters. The van der Waals surface area contributed by atoms with E-state index in [4.69, 9.17) is 5.73 Å². The van der Waals surface area contributed by atoms with Crippen LogP contribution in [-0.2, 0) is 11.3 Å². The lowest BCUT2D eigenvalue weighted by Crippen LogP contribution is -2.33. The number of amides is 2. The summed E-state index contributed by atoms with van der Waals surface area (Å²) >= 11 is 0. The van der Waals surface area contributed by atoms with Gasteiger partial charge in [-0.3, -0.25) is 14.4 Å². The zero-order valence-electron chi connectivity index (χ0n) is 13.6. The molecule has 0 spiro atoms. The predicted octanol–water partition coefficient (Wildman–Crippen LogP) is 2.41. The Kier molecular flexibility index (Phi) is 5.84. The summed E-state index contributed by atoms with van der Waals surface area (Å²) in [5.41, 5.74) is 7.21. The van der Waals surface area contributed by atoms with Crippen molar-refractivity contribution in [1.29, 1.82) is 0 Å². The summed E-state index contributed by atoms with van der Waals surface area (Å²) in [4.78, 5) is 36.7. The van der Waals surface area contributed by atoms with E-state index in [1.54, 1.807) is 29.2 Å². The Balaban J connectivity index is 2.19. The van der Waals surface area contributed by atoms with E-state index in [9.17, 15) is 14.4 Å². The summed E-state index contributed by atoms with van der Waals surface area (Å²) in [6, 6.07) is 16.0. The minimum absolute atomic E-state index is 0.0520. The van der Waals surface area contributed by atoms with Crippen molar-refractivity contribution in [2.45, 2.75) is 19.9 Å². The average molecular weight is 324 g/mol. The lowest BCUT2D eigenvalue weighted by Gasteiger charge is -2.22. The molecule has 5 nitrogen and oxygen atoms in total. The highest BCUT2D eigenvalue weighted by atomic mass is 16.2. The average Bonchev–Trinajstić information content (AvgIpc) is 2.58. The second-order valence-electron chi connectivity index (χ2n) is 5.56. The number of hydrogen-bond acceptors (Lipinski definition) is 3. The van der Waals surface area contributed by atoms with Crippen LogP contribution in [0.25, 0.3) is 0 Å². The summed E-state index contributed by atoms with van der Waals surface area (Å²) < 4.78 is 0. The van der Waals surface area contributed by atoms with Crippen LogP contribution in [0.3, 0.4) is 0 Å². The molecular formula is C19H20N2O3. The molecule has 0 radical (unpaired) electrons. The summed E-state index contributed by atoms with van der Waals surface area (Å²) in [6.45, 7) is 2.12. The molecule has 2 amide bonds. The third kappa shape index (κ3) is 4.78. The minimum atomic E-state index is -0.451. The number of benzene rings is 2. The van der Waals surface area contributed by atoms with Crippen molar-refractivity contribution in [2.24, 2.45) is 5.73 Å². The molecule has 0 aliphatic carbocycles. The van der Waals surface area contributed by atoms with Gasteiger partial charge in [0, 0.05) is 30.6 Å². The van der Waals surface area contributed by atoms with Gasteiger partial charge in [0.15, 0.2) is 5.78 Å². The Labute approximate surface area is 141 Å². The number of primary amides is 1. The molecular weight excluding hydrogens is 304 g/mol. The molecule has 0 aliphatic rings. The zero-order valence-corrected chi connectivity index (χ0v) is 13.6. The van der Waals surface area contributed by atoms with Crippen LogP contribution in [0.5, 0.6) is 0 Å². The molecule has 2 rings (SSSR count). The summed E-state index contributed by atoms with van der Waals surface area (Å²) in [5.74, 6) is -0.702. The molecule has 0 bridgehead atoms. The van der Waals surface area contributed by atoms with Crippen molar-refractivity contribution in [2.75, 3.05) is 6.54 Å². The highest BCUT2D eigenvalue weighted by Crippen LogP contribution is 2.12. The van der Waals surface area contributed by atoms with Crippen LogP contribution in [0.1, 0.15) is 39.6 Å². The number of carbonyl (C=O) groups excluding carboxylic acids is 3. The summed E-state index contributed by atoms with van der Waals surface area (Å²) in [7, 11) is 0. The van der Waals surface area contributed by atoms with Gasteiger partial charge in [0.2, 0.25) is 5.91 Å². The van der Waals surface area contributed by atoms with Gasteiger partial charge < -0.3 is 10.6 Å². The van der Waals surface area contributed by atoms with Crippen molar-refractivity contribution >= 4 is 17.6 Å². The van der Waals surface area contributed by atoms with Gasteiger partial charge in [0.25, 0.3) is 5.91 Å². The lowest BCUT2D eigenvalue weighted by molar-refractivity contribution is -0.118. The molecule has 0 aliphatic heterocycles. The van der Waals surface area contributed by atoms with E-state index < -0.39 is 5.91 Å². The van der Waals surface area contributed by atoms with Crippen LogP contribution in [0.4, 0.5) is 0 Å². The number of hydrogen-bond donors (Lipinski definition) is 1. The highest BCUT2D eigenvalue weighted by Gasteiger charge is 2.17.